The topological polar surface area (TPSA) is 94.0 Å². The average Bonchev–Trinajstić information content (AvgIpc) is 3.00. The van der Waals surface area contributed by atoms with Crippen molar-refractivity contribution in [2.75, 3.05) is 0 Å². The number of carbonyl (C=O) groups is 1. The predicted octanol–water partition coefficient (Wildman–Crippen LogP) is 2.19. The highest BCUT2D eigenvalue weighted by atomic mass is 35.5. The maximum absolute atomic E-state index is 11.6. The highest BCUT2D eigenvalue weighted by Gasteiger charge is 2.41. The lowest BCUT2D eigenvalue weighted by atomic mass is 9.93. The van der Waals surface area contributed by atoms with Gasteiger partial charge in [-0.3, -0.25) is 0 Å². The van der Waals surface area contributed by atoms with Crippen LogP contribution >= 0.6 is 11.6 Å². The van der Waals surface area contributed by atoms with Gasteiger partial charge in [-0.05, 0) is 40.9 Å². The van der Waals surface area contributed by atoms with Crippen LogP contribution in [0.2, 0.25) is 5.22 Å². The van der Waals surface area contributed by atoms with Crippen molar-refractivity contribution in [3.8, 4) is 11.4 Å². The number of furan rings is 1. The Labute approximate surface area is 114 Å². The van der Waals surface area contributed by atoms with Crippen LogP contribution in [0.4, 0.5) is 0 Å². The summed E-state index contributed by atoms with van der Waals surface area (Å²) in [6.07, 6.45) is 2.11. The van der Waals surface area contributed by atoms with Gasteiger partial charge in [0.25, 0.3) is 0 Å². The van der Waals surface area contributed by atoms with E-state index in [0.29, 0.717) is 18.4 Å². The Hall–Kier alpha value is -1.89. The van der Waals surface area contributed by atoms with Crippen LogP contribution in [0.5, 0.6) is 0 Å². The third-order valence-electron chi connectivity index (χ3n) is 3.30. The van der Waals surface area contributed by atoms with Crippen LogP contribution < -0.4 is 0 Å². The molecular formula is C11H13ClN4O3. The average molecular weight is 285 g/mol. The number of hydrogen-bond donors (Lipinski definition) is 1. The van der Waals surface area contributed by atoms with Gasteiger partial charge in [0.05, 0.1) is 11.8 Å². The van der Waals surface area contributed by atoms with Gasteiger partial charge < -0.3 is 9.52 Å². The van der Waals surface area contributed by atoms with Gasteiger partial charge in [0.15, 0.2) is 11.4 Å². The molecule has 0 saturated heterocycles. The van der Waals surface area contributed by atoms with Crippen LogP contribution in [-0.4, -0.2) is 31.3 Å². The molecule has 0 atom stereocenters. The van der Waals surface area contributed by atoms with Gasteiger partial charge in [0.2, 0.25) is 5.22 Å². The van der Waals surface area contributed by atoms with Gasteiger partial charge in [-0.1, -0.05) is 13.8 Å². The molecule has 0 spiro atoms. The minimum absolute atomic E-state index is 0.127. The van der Waals surface area contributed by atoms with Crippen molar-refractivity contribution < 1.29 is 14.3 Å². The summed E-state index contributed by atoms with van der Waals surface area (Å²) in [6, 6.07) is 1.60. The minimum Gasteiger partial charge on any atom is -0.479 e. The number of tetrazole rings is 1. The molecule has 0 aliphatic rings. The Morgan fingerprint density at radius 1 is 1.53 bits per heavy atom. The van der Waals surface area contributed by atoms with Crippen molar-refractivity contribution in [3.63, 3.8) is 0 Å². The molecule has 2 heterocycles. The molecule has 1 N–H and O–H groups in total. The van der Waals surface area contributed by atoms with Crippen molar-refractivity contribution in [1.82, 2.24) is 20.2 Å². The fourth-order valence-electron chi connectivity index (χ4n) is 2.04. The van der Waals surface area contributed by atoms with E-state index in [9.17, 15) is 9.90 Å². The number of hydrogen-bond acceptors (Lipinski definition) is 5. The van der Waals surface area contributed by atoms with E-state index < -0.39 is 11.5 Å². The number of halogens is 1. The molecule has 0 fully saturated rings. The zero-order valence-electron chi connectivity index (χ0n) is 10.5. The van der Waals surface area contributed by atoms with E-state index in [-0.39, 0.29) is 11.0 Å². The lowest BCUT2D eigenvalue weighted by molar-refractivity contribution is -0.148. The third-order valence-corrected chi connectivity index (χ3v) is 3.59. The van der Waals surface area contributed by atoms with E-state index in [2.05, 4.69) is 15.5 Å². The van der Waals surface area contributed by atoms with E-state index in [4.69, 9.17) is 16.0 Å². The molecule has 19 heavy (non-hydrogen) atoms. The van der Waals surface area contributed by atoms with Gasteiger partial charge in [0, 0.05) is 0 Å². The van der Waals surface area contributed by atoms with E-state index >= 15 is 0 Å². The second-order valence-corrected chi connectivity index (χ2v) is 4.41. The highest BCUT2D eigenvalue weighted by Crippen LogP contribution is 2.32. The largest absolute Gasteiger partial charge is 0.479 e. The van der Waals surface area contributed by atoms with Crippen LogP contribution in [0, 0.1) is 0 Å². The van der Waals surface area contributed by atoms with Gasteiger partial charge >= 0.3 is 5.97 Å². The Kier molecular flexibility index (Phi) is 3.57. The van der Waals surface area contributed by atoms with Crippen LogP contribution in [-0.2, 0) is 10.3 Å². The smallest absolute Gasteiger partial charge is 0.331 e. The molecule has 7 nitrogen and oxygen atoms in total. The van der Waals surface area contributed by atoms with Crippen LogP contribution in [0.25, 0.3) is 11.4 Å². The number of carboxylic acid groups (broad SMARTS) is 1. The van der Waals surface area contributed by atoms with Gasteiger partial charge in [0.1, 0.15) is 0 Å². The second kappa shape index (κ2) is 5.00. The molecule has 2 aromatic rings. The standard InChI is InChI=1S/C11H13ClN4O3/c1-3-11(4-2,10(17)18)16-9(13-14-15-16)7-5-6-19-8(7)12/h5-6H,3-4H2,1-2H3,(H,17,18). The van der Waals surface area contributed by atoms with Gasteiger partial charge in [-0.25, -0.2) is 9.48 Å². The fraction of sp³-hybridized carbons (Fsp3) is 0.455. The molecule has 0 unspecified atom stereocenters. The van der Waals surface area contributed by atoms with Gasteiger partial charge in [-0.2, -0.15) is 0 Å². The molecule has 0 bridgehead atoms. The first-order chi connectivity index (χ1) is 9.06. The van der Waals surface area contributed by atoms with Crippen LogP contribution in [0.1, 0.15) is 26.7 Å². The summed E-state index contributed by atoms with van der Waals surface area (Å²) in [5.74, 6) is -0.699. The van der Waals surface area contributed by atoms with E-state index in [1.807, 2.05) is 0 Å². The molecule has 0 amide bonds. The quantitative estimate of drug-likeness (QED) is 0.904. The maximum Gasteiger partial charge on any atom is 0.331 e. The number of carboxylic acids is 1. The Balaban J connectivity index is 2.61. The monoisotopic (exact) mass is 284 g/mol. The number of aliphatic carboxylic acids is 1. The Morgan fingerprint density at radius 3 is 2.68 bits per heavy atom. The van der Waals surface area contributed by atoms with Crippen molar-refractivity contribution in [2.24, 2.45) is 0 Å². The lowest BCUT2D eigenvalue weighted by Crippen LogP contribution is -2.42. The first-order valence-corrected chi connectivity index (χ1v) is 6.20. The summed E-state index contributed by atoms with van der Waals surface area (Å²) in [6.45, 7) is 3.56. The Bertz CT molecular complexity index is 588. The van der Waals surface area contributed by atoms with E-state index in [1.54, 1.807) is 19.9 Å². The lowest BCUT2D eigenvalue weighted by Gasteiger charge is -2.27. The molecule has 2 rings (SSSR count). The van der Waals surface area contributed by atoms with Crippen LogP contribution in [0.3, 0.4) is 0 Å². The summed E-state index contributed by atoms with van der Waals surface area (Å²) in [5.41, 5.74) is -0.724. The molecule has 0 saturated carbocycles. The molecule has 0 radical (unpaired) electrons. The molecule has 0 aromatic carbocycles. The molecule has 0 aliphatic heterocycles. The molecule has 2 aromatic heterocycles. The molecule has 102 valence electrons. The molecule has 0 aliphatic carbocycles. The Morgan fingerprint density at radius 2 is 2.21 bits per heavy atom. The zero-order valence-corrected chi connectivity index (χ0v) is 11.3. The summed E-state index contributed by atoms with van der Waals surface area (Å²) in [7, 11) is 0. The first kappa shape index (κ1) is 13.5. The van der Waals surface area contributed by atoms with Crippen molar-refractivity contribution >= 4 is 17.6 Å². The summed E-state index contributed by atoms with van der Waals surface area (Å²) < 4.78 is 6.29. The van der Waals surface area contributed by atoms with Crippen molar-refractivity contribution in [3.05, 3.63) is 17.5 Å². The minimum atomic E-state index is -1.20. The maximum atomic E-state index is 11.6. The van der Waals surface area contributed by atoms with Crippen molar-refractivity contribution in [1.29, 1.82) is 0 Å². The third kappa shape index (κ3) is 1.99. The van der Waals surface area contributed by atoms with Crippen molar-refractivity contribution in [2.45, 2.75) is 32.2 Å². The van der Waals surface area contributed by atoms with E-state index in [0.717, 1.165) is 0 Å². The molecular weight excluding hydrogens is 272 g/mol. The number of rotatable bonds is 5. The molecule has 8 heteroatoms. The number of nitrogens with zero attached hydrogens (tertiary/aromatic N) is 4. The summed E-state index contributed by atoms with van der Waals surface area (Å²) >= 11 is 5.90. The fourth-order valence-corrected chi connectivity index (χ4v) is 2.24. The normalized spacial score (nSPS) is 11.7. The number of aromatic nitrogens is 4. The highest BCUT2D eigenvalue weighted by molar-refractivity contribution is 6.31. The first-order valence-electron chi connectivity index (χ1n) is 5.82. The zero-order chi connectivity index (χ0) is 14.0. The summed E-state index contributed by atoms with van der Waals surface area (Å²) in [4.78, 5) is 11.6. The van der Waals surface area contributed by atoms with Gasteiger partial charge in [-0.15, -0.1) is 5.10 Å². The summed E-state index contributed by atoms with van der Waals surface area (Å²) in [5, 5.41) is 20.9. The predicted molar refractivity (Wildman–Crippen MR) is 66.7 cm³/mol. The SMILES string of the molecule is CCC(CC)(C(=O)O)n1nnnc1-c1ccoc1Cl. The second-order valence-electron chi connectivity index (χ2n) is 4.07. The van der Waals surface area contributed by atoms with Crippen LogP contribution in [0.15, 0.2) is 16.7 Å². The van der Waals surface area contributed by atoms with E-state index in [1.165, 1.54) is 10.9 Å².